The minimum Gasteiger partial charge on any atom is -0.511 e. The Hall–Kier alpha value is -2.88. The zero-order valence-corrected chi connectivity index (χ0v) is 25.8. The standard InChI is InChI=1S/C31H38N2O5S2/c1-17(2)31(13-12-20-10-8-9-11-21(20)16-34)15-22(36)26(28(37)38-31)39-23-14-18(3)25-27(24(23)30(5,6)7)40-29(33-25)32-19(4)35/h8-11,14,17,34,36H,12-13,15-16H2,1-7H3,(H,32,33,35). The maximum atomic E-state index is 13.5. The summed E-state index contributed by atoms with van der Waals surface area (Å²) in [6.45, 7) is 13.7. The topological polar surface area (TPSA) is 109 Å². The number of carbonyl (C=O) groups is 2. The van der Waals surface area contributed by atoms with Crippen molar-refractivity contribution >= 4 is 50.3 Å². The highest BCUT2D eigenvalue weighted by atomic mass is 32.2. The monoisotopic (exact) mass is 582 g/mol. The molecule has 0 spiro atoms. The number of carbonyl (C=O) groups excluding carboxylic acids is 2. The molecule has 3 aromatic rings. The Bertz CT molecular complexity index is 1480. The fourth-order valence-corrected chi connectivity index (χ4v) is 7.90. The molecule has 214 valence electrons. The zero-order chi connectivity index (χ0) is 29.4. The van der Waals surface area contributed by atoms with Crippen molar-refractivity contribution in [3.63, 3.8) is 0 Å². The van der Waals surface area contributed by atoms with Crippen LogP contribution in [0.4, 0.5) is 5.13 Å². The van der Waals surface area contributed by atoms with E-state index in [1.165, 1.54) is 30.0 Å². The third kappa shape index (κ3) is 6.06. The van der Waals surface area contributed by atoms with Crippen LogP contribution in [0.5, 0.6) is 0 Å². The minimum atomic E-state index is -0.856. The van der Waals surface area contributed by atoms with E-state index in [0.717, 1.165) is 37.4 Å². The lowest BCUT2D eigenvalue weighted by atomic mass is 9.79. The molecule has 1 aromatic heterocycles. The minimum absolute atomic E-state index is 0.0282. The molecule has 0 fully saturated rings. The number of rotatable bonds is 8. The van der Waals surface area contributed by atoms with Gasteiger partial charge in [0, 0.05) is 18.2 Å². The lowest BCUT2D eigenvalue weighted by Gasteiger charge is -2.40. The van der Waals surface area contributed by atoms with Gasteiger partial charge < -0.3 is 20.3 Å². The molecule has 7 nitrogen and oxygen atoms in total. The Morgan fingerprint density at radius 1 is 1.25 bits per heavy atom. The van der Waals surface area contributed by atoms with Crippen LogP contribution in [-0.2, 0) is 32.8 Å². The third-order valence-corrected chi connectivity index (χ3v) is 9.57. The van der Waals surface area contributed by atoms with Crippen LogP contribution in [-0.4, -0.2) is 32.7 Å². The van der Waals surface area contributed by atoms with E-state index in [1.807, 2.05) is 51.1 Å². The predicted octanol–water partition coefficient (Wildman–Crippen LogP) is 7.19. The molecule has 2 heterocycles. The van der Waals surface area contributed by atoms with Gasteiger partial charge in [-0.3, -0.25) is 4.79 Å². The smallest absolute Gasteiger partial charge is 0.349 e. The molecule has 1 unspecified atom stereocenters. The summed E-state index contributed by atoms with van der Waals surface area (Å²) in [7, 11) is 0. The van der Waals surface area contributed by atoms with Gasteiger partial charge in [0.25, 0.3) is 0 Å². The second-order valence-corrected chi connectivity index (χ2v) is 13.8. The summed E-state index contributed by atoms with van der Waals surface area (Å²) in [5.41, 5.74) is 3.44. The number of aliphatic hydroxyl groups is 2. The van der Waals surface area contributed by atoms with Crippen molar-refractivity contribution in [2.45, 2.75) is 90.2 Å². The van der Waals surface area contributed by atoms with Gasteiger partial charge in [-0.1, -0.05) is 82.0 Å². The van der Waals surface area contributed by atoms with Crippen molar-refractivity contribution in [3.8, 4) is 0 Å². The highest BCUT2D eigenvalue weighted by Gasteiger charge is 2.45. The molecule has 40 heavy (non-hydrogen) atoms. The number of aliphatic hydroxyl groups excluding tert-OH is 2. The van der Waals surface area contributed by atoms with Gasteiger partial charge in [0.15, 0.2) is 5.13 Å². The van der Waals surface area contributed by atoms with E-state index in [2.05, 4.69) is 31.1 Å². The second kappa shape index (κ2) is 11.5. The number of nitrogens with one attached hydrogen (secondary N) is 1. The molecule has 1 aliphatic rings. The van der Waals surface area contributed by atoms with Crippen molar-refractivity contribution in [1.82, 2.24) is 4.98 Å². The summed E-state index contributed by atoms with van der Waals surface area (Å²) in [5.74, 6) is -0.707. The molecule has 1 atom stereocenters. The van der Waals surface area contributed by atoms with Crippen molar-refractivity contribution in [3.05, 3.63) is 63.2 Å². The number of thioether (sulfide) groups is 1. The Morgan fingerprint density at radius 3 is 2.50 bits per heavy atom. The van der Waals surface area contributed by atoms with Crippen molar-refractivity contribution in [1.29, 1.82) is 0 Å². The predicted molar refractivity (Wildman–Crippen MR) is 162 cm³/mol. The van der Waals surface area contributed by atoms with Crippen LogP contribution in [0.1, 0.15) is 76.6 Å². The maximum absolute atomic E-state index is 13.5. The van der Waals surface area contributed by atoms with Crippen molar-refractivity contribution in [2.75, 3.05) is 5.32 Å². The lowest BCUT2D eigenvalue weighted by molar-refractivity contribution is -0.164. The van der Waals surface area contributed by atoms with E-state index in [4.69, 9.17) is 4.74 Å². The first-order valence-electron chi connectivity index (χ1n) is 13.5. The highest BCUT2D eigenvalue weighted by Crippen LogP contribution is 2.48. The first-order chi connectivity index (χ1) is 18.8. The summed E-state index contributed by atoms with van der Waals surface area (Å²) in [4.78, 5) is 30.9. The average molecular weight is 583 g/mol. The number of amides is 1. The van der Waals surface area contributed by atoms with Crippen LogP contribution < -0.4 is 5.32 Å². The maximum Gasteiger partial charge on any atom is 0.349 e. The molecule has 0 bridgehead atoms. The second-order valence-electron chi connectivity index (χ2n) is 11.8. The van der Waals surface area contributed by atoms with Gasteiger partial charge >= 0.3 is 5.97 Å². The van der Waals surface area contributed by atoms with E-state index in [9.17, 15) is 19.8 Å². The summed E-state index contributed by atoms with van der Waals surface area (Å²) in [5, 5.41) is 24.4. The molecular formula is C31H38N2O5S2. The molecule has 0 saturated carbocycles. The summed E-state index contributed by atoms with van der Waals surface area (Å²) in [6, 6.07) is 9.69. The summed E-state index contributed by atoms with van der Waals surface area (Å²) < 4.78 is 7.13. The normalized spacial score (nSPS) is 18.0. The number of esters is 1. The van der Waals surface area contributed by atoms with E-state index < -0.39 is 11.6 Å². The largest absolute Gasteiger partial charge is 0.511 e. The van der Waals surface area contributed by atoms with Crippen LogP contribution in [0.15, 0.2) is 45.9 Å². The Balaban J connectivity index is 1.70. The molecule has 1 aliphatic heterocycles. The number of fused-ring (bicyclic) bond motifs is 1. The number of cyclic esters (lactones) is 1. The quantitative estimate of drug-likeness (QED) is 0.241. The number of hydrogen-bond acceptors (Lipinski definition) is 8. The Morgan fingerprint density at radius 2 is 1.93 bits per heavy atom. The molecule has 0 radical (unpaired) electrons. The molecule has 3 N–H and O–H groups in total. The third-order valence-electron chi connectivity index (χ3n) is 7.44. The van der Waals surface area contributed by atoms with E-state index >= 15 is 0 Å². The number of anilines is 1. The molecule has 1 amide bonds. The van der Waals surface area contributed by atoms with Gasteiger partial charge in [0.2, 0.25) is 5.91 Å². The number of hydrogen-bond donors (Lipinski definition) is 3. The number of aryl methyl sites for hydroxylation is 2. The summed E-state index contributed by atoms with van der Waals surface area (Å²) in [6.07, 6.45) is 1.36. The van der Waals surface area contributed by atoms with Gasteiger partial charge in [-0.25, -0.2) is 9.78 Å². The number of nitrogens with zero attached hydrogens (tertiary/aromatic N) is 1. The first kappa shape index (κ1) is 30.1. The Labute approximate surface area is 244 Å². The number of aromatic nitrogens is 1. The van der Waals surface area contributed by atoms with Gasteiger partial charge in [0.05, 0.1) is 16.8 Å². The van der Waals surface area contributed by atoms with E-state index in [-0.39, 0.29) is 40.9 Å². The van der Waals surface area contributed by atoms with Gasteiger partial charge in [-0.15, -0.1) is 0 Å². The van der Waals surface area contributed by atoms with Gasteiger partial charge in [-0.05, 0) is 59.4 Å². The van der Waals surface area contributed by atoms with Gasteiger partial charge in [0.1, 0.15) is 16.3 Å². The average Bonchev–Trinajstić information content (AvgIpc) is 3.27. The lowest BCUT2D eigenvalue weighted by Crippen LogP contribution is -2.44. The molecule has 0 saturated heterocycles. The highest BCUT2D eigenvalue weighted by molar-refractivity contribution is 8.04. The fraction of sp³-hybridized carbons (Fsp3) is 0.452. The van der Waals surface area contributed by atoms with Crippen molar-refractivity contribution < 1.29 is 24.5 Å². The van der Waals surface area contributed by atoms with Gasteiger partial charge in [-0.2, -0.15) is 0 Å². The molecule has 2 aromatic carbocycles. The Kier molecular flexibility index (Phi) is 8.68. The molecule has 9 heteroatoms. The van der Waals surface area contributed by atoms with Crippen LogP contribution in [0.2, 0.25) is 0 Å². The van der Waals surface area contributed by atoms with Crippen molar-refractivity contribution in [2.24, 2.45) is 5.92 Å². The molecule has 0 aliphatic carbocycles. The molecule has 4 rings (SSSR count). The van der Waals surface area contributed by atoms with Crippen LogP contribution in [0, 0.1) is 12.8 Å². The summed E-state index contributed by atoms with van der Waals surface area (Å²) >= 11 is 2.65. The number of ether oxygens (including phenoxy) is 1. The van der Waals surface area contributed by atoms with Crippen LogP contribution in [0.25, 0.3) is 10.2 Å². The first-order valence-corrected chi connectivity index (χ1v) is 15.1. The number of thiazole rings is 1. The number of benzene rings is 2. The van der Waals surface area contributed by atoms with E-state index in [1.54, 1.807) is 0 Å². The fourth-order valence-electron chi connectivity index (χ4n) is 5.21. The SMILES string of the molecule is CC(=O)Nc1nc2c(C)cc(SC3=C(O)CC(CCc4ccccc4CO)(C(C)C)OC3=O)c(C(C)(C)C)c2s1. The van der Waals surface area contributed by atoms with Crippen LogP contribution >= 0.6 is 23.1 Å². The van der Waals surface area contributed by atoms with E-state index in [0.29, 0.717) is 18.0 Å². The zero-order valence-electron chi connectivity index (χ0n) is 24.2. The van der Waals surface area contributed by atoms with Crippen LogP contribution in [0.3, 0.4) is 0 Å². The molecular weight excluding hydrogens is 544 g/mol.